The van der Waals surface area contributed by atoms with E-state index < -0.39 is 16.0 Å². The zero-order valence-corrected chi connectivity index (χ0v) is 12.9. The van der Waals surface area contributed by atoms with Crippen molar-refractivity contribution in [3.05, 3.63) is 36.0 Å². The van der Waals surface area contributed by atoms with Crippen molar-refractivity contribution in [1.82, 2.24) is 4.90 Å². The van der Waals surface area contributed by atoms with Crippen molar-refractivity contribution in [2.75, 3.05) is 31.6 Å². The molecule has 0 atom stereocenters. The number of morpholine rings is 1. The fraction of sp³-hybridized carbons (Fsp3) is 0.286. The fourth-order valence-corrected chi connectivity index (χ4v) is 2.44. The Morgan fingerprint density at radius 3 is 2.43 bits per heavy atom. The molecule has 2 N–H and O–H groups in total. The lowest BCUT2D eigenvalue weighted by Gasteiger charge is -2.26. The van der Waals surface area contributed by atoms with Crippen LogP contribution in [-0.4, -0.2) is 50.1 Å². The van der Waals surface area contributed by atoms with E-state index in [2.05, 4.69) is 5.32 Å². The SMILES string of the molecule is N#C/C(=C/Nc1ccc(S(=O)(=O)O)cc1)C(=O)N1CCOCC1. The number of hydrogen-bond donors (Lipinski definition) is 2. The molecule has 1 fully saturated rings. The Morgan fingerprint density at radius 2 is 1.91 bits per heavy atom. The lowest BCUT2D eigenvalue weighted by atomic mass is 10.2. The molecule has 1 aromatic carbocycles. The number of carbonyl (C=O) groups excluding carboxylic acids is 1. The summed E-state index contributed by atoms with van der Waals surface area (Å²) in [4.78, 5) is 13.5. The van der Waals surface area contributed by atoms with Crippen molar-refractivity contribution in [3.8, 4) is 6.07 Å². The molecule has 2 rings (SSSR count). The Labute approximate surface area is 133 Å². The van der Waals surface area contributed by atoms with Crippen LogP contribution in [0, 0.1) is 11.3 Å². The van der Waals surface area contributed by atoms with Gasteiger partial charge in [0.15, 0.2) is 0 Å². The van der Waals surface area contributed by atoms with Gasteiger partial charge in [-0.15, -0.1) is 0 Å². The summed E-state index contributed by atoms with van der Waals surface area (Å²) in [5.74, 6) is -0.391. The van der Waals surface area contributed by atoms with Gasteiger partial charge in [0.2, 0.25) is 0 Å². The number of ether oxygens (including phenoxy) is 1. The Morgan fingerprint density at radius 1 is 1.30 bits per heavy atom. The van der Waals surface area contributed by atoms with Gasteiger partial charge in [0.05, 0.1) is 18.1 Å². The molecular formula is C14H15N3O5S. The number of amides is 1. The Bertz CT molecular complexity index is 744. The maximum atomic E-state index is 12.2. The smallest absolute Gasteiger partial charge is 0.294 e. The number of nitrogens with one attached hydrogen (secondary N) is 1. The van der Waals surface area contributed by atoms with Gasteiger partial charge < -0.3 is 15.0 Å². The van der Waals surface area contributed by atoms with Crippen LogP contribution in [0.2, 0.25) is 0 Å². The predicted molar refractivity (Wildman–Crippen MR) is 81.0 cm³/mol. The van der Waals surface area contributed by atoms with Gasteiger partial charge in [0.25, 0.3) is 16.0 Å². The highest BCUT2D eigenvalue weighted by Gasteiger charge is 2.20. The largest absolute Gasteiger partial charge is 0.378 e. The highest BCUT2D eigenvalue weighted by Crippen LogP contribution is 2.14. The van der Waals surface area contributed by atoms with Gasteiger partial charge in [-0.1, -0.05) is 0 Å². The van der Waals surface area contributed by atoms with E-state index in [-0.39, 0.29) is 10.5 Å². The average molecular weight is 337 g/mol. The second kappa shape index (κ2) is 7.23. The molecule has 0 saturated carbocycles. The molecule has 0 aliphatic carbocycles. The van der Waals surface area contributed by atoms with Crippen molar-refractivity contribution < 1.29 is 22.5 Å². The zero-order valence-electron chi connectivity index (χ0n) is 12.1. The van der Waals surface area contributed by atoms with Crippen LogP contribution in [0.4, 0.5) is 5.69 Å². The summed E-state index contributed by atoms with van der Waals surface area (Å²) in [6.07, 6.45) is 1.26. The molecule has 9 heteroatoms. The molecule has 122 valence electrons. The first-order valence-corrected chi connectivity index (χ1v) is 8.17. The van der Waals surface area contributed by atoms with Crippen LogP contribution in [0.5, 0.6) is 0 Å². The van der Waals surface area contributed by atoms with Crippen LogP contribution in [0.1, 0.15) is 0 Å². The highest BCUT2D eigenvalue weighted by molar-refractivity contribution is 7.85. The van der Waals surface area contributed by atoms with Crippen molar-refractivity contribution >= 4 is 21.7 Å². The van der Waals surface area contributed by atoms with Gasteiger partial charge in [0.1, 0.15) is 11.6 Å². The molecule has 1 amide bonds. The minimum absolute atomic E-state index is 0.0641. The summed E-state index contributed by atoms with van der Waals surface area (Å²) < 4.78 is 35.9. The highest BCUT2D eigenvalue weighted by atomic mass is 32.2. The van der Waals surface area contributed by atoms with Gasteiger partial charge >= 0.3 is 0 Å². The van der Waals surface area contributed by atoms with Crippen molar-refractivity contribution in [2.24, 2.45) is 0 Å². The summed E-state index contributed by atoms with van der Waals surface area (Å²) in [6, 6.07) is 7.08. The van der Waals surface area contributed by atoms with Crippen LogP contribution < -0.4 is 5.32 Å². The number of carbonyl (C=O) groups is 1. The van der Waals surface area contributed by atoms with E-state index in [1.54, 1.807) is 0 Å². The van der Waals surface area contributed by atoms with Gasteiger partial charge in [-0.05, 0) is 24.3 Å². The molecule has 0 bridgehead atoms. The number of anilines is 1. The monoisotopic (exact) mass is 337 g/mol. The summed E-state index contributed by atoms with van der Waals surface area (Å²) in [5, 5.41) is 11.9. The second-order valence-corrected chi connectivity index (χ2v) is 6.14. The summed E-state index contributed by atoms with van der Waals surface area (Å²) in [6.45, 7) is 1.74. The van der Waals surface area contributed by atoms with E-state index >= 15 is 0 Å². The van der Waals surface area contributed by atoms with Crippen molar-refractivity contribution in [1.29, 1.82) is 5.26 Å². The van der Waals surface area contributed by atoms with E-state index in [4.69, 9.17) is 14.6 Å². The average Bonchev–Trinajstić information content (AvgIpc) is 2.55. The van der Waals surface area contributed by atoms with Gasteiger partial charge in [0, 0.05) is 25.0 Å². The molecule has 1 aromatic rings. The Kier molecular flexibility index (Phi) is 5.33. The number of hydrogen-bond acceptors (Lipinski definition) is 6. The molecular weight excluding hydrogens is 322 g/mol. The molecule has 0 spiro atoms. The van der Waals surface area contributed by atoms with E-state index in [1.807, 2.05) is 6.07 Å². The third kappa shape index (κ3) is 4.53. The molecule has 0 radical (unpaired) electrons. The van der Waals surface area contributed by atoms with Crippen molar-refractivity contribution in [2.45, 2.75) is 4.90 Å². The third-order valence-corrected chi connectivity index (χ3v) is 4.05. The van der Waals surface area contributed by atoms with Gasteiger partial charge in [-0.3, -0.25) is 9.35 Å². The number of nitriles is 1. The van der Waals surface area contributed by atoms with Crippen LogP contribution in [0.3, 0.4) is 0 Å². The molecule has 0 unspecified atom stereocenters. The molecule has 1 saturated heterocycles. The van der Waals surface area contributed by atoms with E-state index in [0.29, 0.717) is 32.0 Å². The minimum Gasteiger partial charge on any atom is -0.378 e. The minimum atomic E-state index is -4.25. The molecule has 23 heavy (non-hydrogen) atoms. The molecule has 1 heterocycles. The maximum Gasteiger partial charge on any atom is 0.294 e. The molecule has 0 aromatic heterocycles. The first-order chi connectivity index (χ1) is 10.9. The summed E-state index contributed by atoms with van der Waals surface area (Å²) >= 11 is 0. The topological polar surface area (TPSA) is 120 Å². The van der Waals surface area contributed by atoms with Crippen molar-refractivity contribution in [3.63, 3.8) is 0 Å². The Balaban J connectivity index is 2.07. The summed E-state index contributed by atoms with van der Waals surface area (Å²) in [5.41, 5.74) is 0.408. The fourth-order valence-electron chi connectivity index (χ4n) is 1.96. The van der Waals surface area contributed by atoms with Crippen LogP contribution in [-0.2, 0) is 19.6 Å². The van der Waals surface area contributed by atoms with E-state index in [0.717, 1.165) is 0 Å². The Hall–Kier alpha value is -2.41. The van der Waals surface area contributed by atoms with E-state index in [1.165, 1.54) is 35.4 Å². The lowest BCUT2D eigenvalue weighted by molar-refractivity contribution is -0.130. The molecule has 1 aliphatic rings. The van der Waals surface area contributed by atoms with E-state index in [9.17, 15) is 13.2 Å². The van der Waals surface area contributed by atoms with Crippen LogP contribution >= 0.6 is 0 Å². The normalized spacial score (nSPS) is 15.8. The lowest BCUT2D eigenvalue weighted by Crippen LogP contribution is -2.41. The molecule has 8 nitrogen and oxygen atoms in total. The number of nitrogens with zero attached hydrogens (tertiary/aromatic N) is 2. The standard InChI is InChI=1S/C14H15N3O5S/c15-9-11(14(18)17-5-7-22-8-6-17)10-16-12-1-3-13(4-2-12)23(19,20)21/h1-4,10,16H,5-8H2,(H,19,20,21)/b11-10-. The number of rotatable bonds is 4. The number of benzene rings is 1. The molecule has 1 aliphatic heterocycles. The van der Waals surface area contributed by atoms with Crippen LogP contribution in [0.15, 0.2) is 40.9 Å². The predicted octanol–water partition coefficient (Wildman–Crippen LogP) is 0.611. The maximum absolute atomic E-state index is 12.2. The first kappa shape index (κ1) is 17.0. The quantitative estimate of drug-likeness (QED) is 0.469. The first-order valence-electron chi connectivity index (χ1n) is 6.73. The zero-order chi connectivity index (χ0) is 16.9. The second-order valence-electron chi connectivity index (χ2n) is 4.72. The third-order valence-electron chi connectivity index (χ3n) is 3.18. The summed E-state index contributed by atoms with van der Waals surface area (Å²) in [7, 11) is -4.25. The van der Waals surface area contributed by atoms with Gasteiger partial charge in [-0.2, -0.15) is 13.7 Å². The van der Waals surface area contributed by atoms with Crippen LogP contribution in [0.25, 0.3) is 0 Å². The van der Waals surface area contributed by atoms with Gasteiger partial charge in [-0.25, -0.2) is 0 Å².